The molecule has 23 N–H and O–H groups in total. The van der Waals surface area contributed by atoms with Crippen LogP contribution in [0.1, 0.15) is 96.1 Å². The first-order valence-corrected chi connectivity index (χ1v) is 46.2. The minimum atomic E-state index is -1.97. The highest BCUT2D eigenvalue weighted by Gasteiger charge is 2.54. The molecule has 9 amide bonds. The highest BCUT2D eigenvalue weighted by molar-refractivity contribution is 8.76. The van der Waals surface area contributed by atoms with E-state index in [1.165, 1.54) is 76.5 Å². The van der Waals surface area contributed by atoms with Crippen molar-refractivity contribution in [3.8, 4) is 28.7 Å². The van der Waals surface area contributed by atoms with Crippen molar-refractivity contribution in [2.75, 3.05) is 88.8 Å². The molecule has 7 aromatic rings. The van der Waals surface area contributed by atoms with Crippen LogP contribution in [0.25, 0.3) is 10.9 Å². The Balaban J connectivity index is 0.986. The van der Waals surface area contributed by atoms with Gasteiger partial charge >= 0.3 is 35.8 Å². The molecule has 0 radical (unpaired) electrons. The Bertz CT molecular complexity index is 5470. The van der Waals surface area contributed by atoms with Crippen LogP contribution in [0.3, 0.4) is 0 Å². The maximum absolute atomic E-state index is 15.7. The molecule has 1 unspecified atom stereocenters. The third-order valence-electron chi connectivity index (χ3n) is 22.3. The molecule has 1 saturated heterocycles. The lowest BCUT2D eigenvalue weighted by Crippen LogP contribution is -2.62. The van der Waals surface area contributed by atoms with Crippen molar-refractivity contribution in [2.24, 2.45) is 10.7 Å². The Morgan fingerprint density at radius 2 is 1.15 bits per heavy atom. The van der Waals surface area contributed by atoms with E-state index in [4.69, 9.17) is 32.8 Å². The number of aromatic nitrogens is 1. The Kier molecular flexibility index (Phi) is 38.1. The van der Waals surface area contributed by atoms with Crippen molar-refractivity contribution in [1.29, 1.82) is 0 Å². The number of aliphatic hydroxyl groups excluding tert-OH is 2. The Morgan fingerprint density at radius 1 is 0.581 bits per heavy atom. The standard InChI is InChI=1S/C90H108N16O27S3/c1-48(107)77-86(128)100-69(85(127)103-78(49(2)108)87(129)130)47-136-135-46-68(84(126)97-66(35-51-18-21-54(109)22-19-51)81(123)98-67(36-52-40-93-62-15-7-6-14-57(52)62)83(125)95-63(80(122)102-77)16-8-10-28-91)99-82(124)65(34-50-12-4-3-5-13-50)96-79(121)64(17-9-11-29-92-72(112)41-105(43-74(115)116)32-30-104(42-73(113)114)31-33-106(44-75(117)118)45-76(119)120)101-89(134)94-53-20-25-59-58(37-53)88(131)133-90(59)60-26-23-55(110)38-70(60)132-71-39-56(111)24-27-61(71)90/h3-7,12-15,18-27,37-40,48-49,63-69,77-78,93,107-111H,8-11,16-17,28-36,41-47,91H2,1-2H3,(H,92,112)(H,95,125)(H,96,121)(H,97,126)(H,98,123)(H,99,124)(H,100,128)(H,102,122)(H,103,127)(H,113,114)(H,115,116)(H,117,118)(H,119,120)(H,129,130)(H2,94,101,134)/t48-,49-,63+,64?,65-,66+,67-,68+,69-,77-,78+/m1/s1. The van der Waals surface area contributed by atoms with Crippen LogP contribution in [-0.4, -0.2) is 315 Å². The van der Waals surface area contributed by atoms with E-state index >= 15 is 24.0 Å². The maximum atomic E-state index is 15.7. The number of hydrogen-bond acceptors (Lipinski definition) is 29. The molecule has 1 fully saturated rings. The van der Waals surface area contributed by atoms with E-state index in [0.29, 0.717) is 50.7 Å². The molecule has 46 heteroatoms. The van der Waals surface area contributed by atoms with Crippen LogP contribution in [-0.2, 0) is 96.7 Å². The van der Waals surface area contributed by atoms with Crippen LogP contribution in [0.2, 0.25) is 0 Å². The third-order valence-corrected chi connectivity index (χ3v) is 24.9. The van der Waals surface area contributed by atoms with Crippen LogP contribution in [0, 0.1) is 0 Å². The number of aliphatic hydroxyl groups is 2. The number of carboxylic acids is 5. The zero-order chi connectivity index (χ0) is 98.6. The molecule has 0 aliphatic carbocycles. The van der Waals surface area contributed by atoms with Gasteiger partial charge in [-0.3, -0.25) is 77.0 Å². The average Bonchev–Trinajstić information content (AvgIpc) is 1.52. The fourth-order valence-electron chi connectivity index (χ4n) is 15.5. The van der Waals surface area contributed by atoms with Crippen molar-refractivity contribution < 1.29 is 132 Å². The van der Waals surface area contributed by atoms with Crippen molar-refractivity contribution >= 4 is 145 Å². The van der Waals surface area contributed by atoms with E-state index < -0.39 is 205 Å². The molecule has 136 heavy (non-hydrogen) atoms. The monoisotopic (exact) mass is 1940 g/mol. The summed E-state index contributed by atoms with van der Waals surface area (Å²) in [4.78, 5) is 220. The number of carbonyl (C=O) groups excluding carboxylic acids is 10. The lowest BCUT2D eigenvalue weighted by molar-refractivity contribution is -0.145. The van der Waals surface area contributed by atoms with Gasteiger partial charge in [0.2, 0.25) is 53.2 Å². The van der Waals surface area contributed by atoms with Crippen LogP contribution in [0.4, 0.5) is 5.69 Å². The van der Waals surface area contributed by atoms with E-state index in [1.54, 1.807) is 72.9 Å². The molecule has 43 nitrogen and oxygen atoms in total. The lowest BCUT2D eigenvalue weighted by Gasteiger charge is -2.36. The number of nitrogens with two attached hydrogens (primary N) is 1. The second-order valence-corrected chi connectivity index (χ2v) is 35.6. The fourth-order valence-corrected chi connectivity index (χ4v) is 18.1. The van der Waals surface area contributed by atoms with Gasteiger partial charge in [-0.05, 0) is 130 Å². The predicted molar refractivity (Wildman–Crippen MR) is 497 cm³/mol. The van der Waals surface area contributed by atoms with Gasteiger partial charge in [-0.2, -0.15) is 0 Å². The van der Waals surface area contributed by atoms with E-state index in [1.807, 2.05) is 0 Å². The number of ether oxygens (including phenoxy) is 2. The minimum absolute atomic E-state index is 0.0213. The Morgan fingerprint density at radius 3 is 1.76 bits per heavy atom. The van der Waals surface area contributed by atoms with Gasteiger partial charge in [0.25, 0.3) is 0 Å². The molecule has 0 saturated carbocycles. The van der Waals surface area contributed by atoms with Crippen LogP contribution >= 0.6 is 34.2 Å². The molecule has 3 aliphatic heterocycles. The Hall–Kier alpha value is -13.6. The van der Waals surface area contributed by atoms with Gasteiger partial charge in [0.05, 0.1) is 50.5 Å². The van der Waals surface area contributed by atoms with Gasteiger partial charge in [0.1, 0.15) is 77.1 Å². The number of aliphatic carboxylic acids is 5. The first-order valence-electron chi connectivity index (χ1n) is 43.3. The lowest BCUT2D eigenvalue weighted by atomic mass is 9.77. The summed E-state index contributed by atoms with van der Waals surface area (Å²) in [6.07, 6.45) is -2.58. The zero-order valence-electron chi connectivity index (χ0n) is 73.7. The zero-order valence-corrected chi connectivity index (χ0v) is 76.3. The smallest absolute Gasteiger partial charge is 0.340 e. The summed E-state index contributed by atoms with van der Waals surface area (Å²) in [6.45, 7) is -1.80. The van der Waals surface area contributed by atoms with Gasteiger partial charge in [0.15, 0.2) is 16.8 Å². The van der Waals surface area contributed by atoms with Crippen LogP contribution in [0.5, 0.6) is 28.7 Å². The number of para-hydroxylation sites is 1. The maximum Gasteiger partial charge on any atom is 0.340 e. The molecule has 11 atom stereocenters. The number of amides is 9. The first-order chi connectivity index (χ1) is 64.8. The Labute approximate surface area is 791 Å². The summed E-state index contributed by atoms with van der Waals surface area (Å²) in [5.41, 5.74) is 7.22. The highest BCUT2D eigenvalue weighted by atomic mass is 33.1. The summed E-state index contributed by atoms with van der Waals surface area (Å²) < 4.78 is 12.4. The number of phenols is 3. The fraction of sp³-hybridized carbons (Fsp3) is 0.400. The number of benzene rings is 6. The number of fused-ring (bicyclic) bond motifs is 7. The number of nitrogens with one attached hydrogen (secondary N) is 11. The van der Waals surface area contributed by atoms with Crippen molar-refractivity contribution in [3.63, 3.8) is 0 Å². The SMILES string of the molecule is C[C@@H](O)[C@H](NC(=O)[C@H]1CSSC[C@H](NC(=O)[C@@H](Cc2ccccc2)NC(=O)C(CCCCNC(=O)CN(CCN(CCN(CC(=O)O)CC(=O)O)CC(=O)O)CC(=O)O)N=C(S)Nc2ccc3c(c2)C(=O)OC32c3ccc(O)cc3Oc3cc(O)ccc32)C(=O)N[C@@H](Cc2ccc(O)cc2)C(=O)N[C@H](Cc2c[nH]c3ccccc23)C(=O)N[C@@H](CCCCN)C(=O)N[C@H]([C@@H](C)O)C(=O)N1)C(=O)O. The number of anilines is 1. The second kappa shape index (κ2) is 49.6. The quantitative estimate of drug-likeness (QED) is 0.00616. The normalized spacial score (nSPS) is 18.7. The molecular formula is C90H108N16O27S3. The minimum Gasteiger partial charge on any atom is -0.508 e. The van der Waals surface area contributed by atoms with Crippen LogP contribution < -0.4 is 63.6 Å². The number of amidine groups is 1. The van der Waals surface area contributed by atoms with E-state index in [-0.39, 0.29) is 136 Å². The second-order valence-electron chi connectivity index (χ2n) is 32.6. The number of hydrogen-bond donors (Lipinski definition) is 23. The number of unbranched alkanes of at least 4 members (excludes halogenated alkanes) is 2. The van der Waals surface area contributed by atoms with Crippen molar-refractivity contribution in [3.05, 3.63) is 179 Å². The van der Waals surface area contributed by atoms with E-state index in [2.05, 4.69) is 58.2 Å². The highest BCUT2D eigenvalue weighted by Crippen LogP contribution is 2.57. The number of aromatic hydroxyl groups is 3. The summed E-state index contributed by atoms with van der Waals surface area (Å²) in [7, 11) is 1.55. The molecule has 10 rings (SSSR count). The number of thiol groups is 1. The number of carboxylic acid groups (broad SMARTS) is 5. The molecule has 0 bridgehead atoms. The molecule has 728 valence electrons. The summed E-state index contributed by atoms with van der Waals surface area (Å²) in [5, 5.41) is 129. The van der Waals surface area contributed by atoms with E-state index in [9.17, 15) is 99.0 Å². The third kappa shape index (κ3) is 29.7. The largest absolute Gasteiger partial charge is 0.508 e. The van der Waals surface area contributed by atoms with Gasteiger partial charge in [0, 0.05) is 115 Å². The van der Waals surface area contributed by atoms with Gasteiger partial charge < -0.3 is 124 Å². The van der Waals surface area contributed by atoms with Gasteiger partial charge in [-0.15, -0.1) is 12.6 Å². The van der Waals surface area contributed by atoms with E-state index in [0.717, 1.165) is 40.3 Å². The number of carbonyl (C=O) groups is 15. The number of nitrogens with zero attached hydrogens (tertiary/aromatic N) is 4. The summed E-state index contributed by atoms with van der Waals surface area (Å²) in [6, 6.07) is 18.1. The van der Waals surface area contributed by atoms with Crippen molar-refractivity contribution in [1.82, 2.24) is 67.5 Å². The predicted octanol–water partition coefficient (Wildman–Crippen LogP) is 0.427. The molecule has 6 aromatic carbocycles. The van der Waals surface area contributed by atoms with Gasteiger partial charge in [-0.1, -0.05) is 88.3 Å². The number of aromatic amines is 1. The number of phenolic OH excluding ortho intramolecular Hbond substituents is 3. The number of esters is 1. The van der Waals surface area contributed by atoms with Crippen molar-refractivity contribution in [2.45, 2.75) is 144 Å². The number of aliphatic imine (C=N–C) groups is 1. The topological polar surface area (TPSA) is 661 Å². The average molecular weight is 1940 g/mol. The molecule has 3 aliphatic rings. The molecular weight excluding hydrogens is 1830 g/mol. The molecule has 4 heterocycles. The summed E-state index contributed by atoms with van der Waals surface area (Å²) in [5.74, 6) is -18.5. The molecule has 1 spiro atoms. The molecule has 1 aromatic heterocycles. The summed E-state index contributed by atoms with van der Waals surface area (Å²) >= 11 is 4.71. The van der Waals surface area contributed by atoms with Gasteiger partial charge in [-0.25, -0.2) is 14.6 Å². The number of H-pyrrole nitrogens is 1. The van der Waals surface area contributed by atoms with Crippen LogP contribution in [0.15, 0.2) is 145 Å². The number of rotatable bonds is 42. The first kappa shape index (κ1) is 104.